The number of hydrogen-bond donors (Lipinski definition) is 1. The van der Waals surface area contributed by atoms with E-state index in [1.165, 1.54) is 6.07 Å². The molecule has 0 aliphatic carbocycles. The molecule has 21 heavy (non-hydrogen) atoms. The van der Waals surface area contributed by atoms with E-state index in [1.54, 1.807) is 0 Å². The number of rotatable bonds is 6. The van der Waals surface area contributed by atoms with Crippen LogP contribution in [0.5, 0.6) is 0 Å². The monoisotopic (exact) mass is 304 g/mol. The summed E-state index contributed by atoms with van der Waals surface area (Å²) in [4.78, 5) is 32.6. The Morgan fingerprint density at radius 3 is 2.38 bits per heavy atom. The Bertz CT molecular complexity index is 551. The van der Waals surface area contributed by atoms with Gasteiger partial charge in [0, 0.05) is 6.42 Å². The number of carbonyl (C=O) groups is 3. The van der Waals surface area contributed by atoms with E-state index in [1.807, 2.05) is 0 Å². The van der Waals surface area contributed by atoms with Gasteiger partial charge in [0.2, 0.25) is 5.78 Å². The maximum atomic E-state index is 12.5. The largest absolute Gasteiger partial charge is 0.481 e. The van der Waals surface area contributed by atoms with Gasteiger partial charge in [-0.3, -0.25) is 9.59 Å². The van der Waals surface area contributed by atoms with Crippen molar-refractivity contribution >= 4 is 17.7 Å². The molecule has 0 bridgehead atoms. The maximum Gasteiger partial charge on any atom is 0.416 e. The van der Waals surface area contributed by atoms with E-state index in [4.69, 9.17) is 5.11 Å². The molecule has 114 valence electrons. The van der Waals surface area contributed by atoms with Gasteiger partial charge < -0.3 is 9.84 Å². The fourth-order valence-corrected chi connectivity index (χ4v) is 1.39. The molecular formula is C13H11F3O5. The number of esters is 1. The molecule has 0 atom stereocenters. The molecule has 1 rings (SSSR count). The Morgan fingerprint density at radius 1 is 1.14 bits per heavy atom. The minimum absolute atomic E-state index is 0.0733. The SMILES string of the molecule is O=C(O)CCC(=O)C(=O)OCc1cccc(C(F)(F)F)c1. The Labute approximate surface area is 117 Å². The minimum atomic E-state index is -4.52. The van der Waals surface area contributed by atoms with E-state index in [0.717, 1.165) is 18.2 Å². The number of carboxylic acid groups (broad SMARTS) is 1. The lowest BCUT2D eigenvalue weighted by Crippen LogP contribution is -2.18. The fourth-order valence-electron chi connectivity index (χ4n) is 1.39. The quantitative estimate of drug-likeness (QED) is 0.643. The summed E-state index contributed by atoms with van der Waals surface area (Å²) in [7, 11) is 0. The number of ether oxygens (including phenoxy) is 1. The van der Waals surface area contributed by atoms with Crippen LogP contribution in [0.25, 0.3) is 0 Å². The highest BCUT2D eigenvalue weighted by molar-refractivity contribution is 6.33. The third-order valence-electron chi connectivity index (χ3n) is 2.42. The van der Waals surface area contributed by atoms with Crippen LogP contribution < -0.4 is 0 Å². The van der Waals surface area contributed by atoms with E-state index >= 15 is 0 Å². The lowest BCUT2D eigenvalue weighted by atomic mass is 10.1. The average Bonchev–Trinajstić information content (AvgIpc) is 2.41. The topological polar surface area (TPSA) is 80.7 Å². The minimum Gasteiger partial charge on any atom is -0.481 e. The van der Waals surface area contributed by atoms with Crippen molar-refractivity contribution in [3.63, 3.8) is 0 Å². The Hall–Kier alpha value is -2.38. The van der Waals surface area contributed by atoms with E-state index < -0.39 is 48.9 Å². The zero-order valence-corrected chi connectivity index (χ0v) is 10.6. The van der Waals surface area contributed by atoms with Gasteiger partial charge in [0.25, 0.3) is 0 Å². The van der Waals surface area contributed by atoms with Gasteiger partial charge in [-0.15, -0.1) is 0 Å². The summed E-state index contributed by atoms with van der Waals surface area (Å²) in [5, 5.41) is 8.35. The molecule has 0 saturated carbocycles. The van der Waals surface area contributed by atoms with Crippen molar-refractivity contribution in [2.45, 2.75) is 25.6 Å². The molecule has 0 heterocycles. The normalized spacial score (nSPS) is 11.0. The first-order valence-corrected chi connectivity index (χ1v) is 5.78. The second-order valence-corrected chi connectivity index (χ2v) is 4.09. The zero-order valence-electron chi connectivity index (χ0n) is 10.6. The number of alkyl halides is 3. The third kappa shape index (κ3) is 5.64. The van der Waals surface area contributed by atoms with Crippen molar-refractivity contribution < 1.29 is 37.4 Å². The Balaban J connectivity index is 2.57. The summed E-state index contributed by atoms with van der Waals surface area (Å²) in [6.07, 6.45) is -5.55. The van der Waals surface area contributed by atoms with Crippen LogP contribution in [0.2, 0.25) is 0 Å². The van der Waals surface area contributed by atoms with Crippen LogP contribution >= 0.6 is 0 Å². The molecule has 0 aliphatic heterocycles. The van der Waals surface area contributed by atoms with E-state index in [2.05, 4.69) is 4.74 Å². The zero-order chi connectivity index (χ0) is 16.0. The molecule has 0 fully saturated rings. The van der Waals surface area contributed by atoms with Crippen molar-refractivity contribution in [1.29, 1.82) is 0 Å². The first-order valence-electron chi connectivity index (χ1n) is 5.78. The number of hydrogen-bond acceptors (Lipinski definition) is 4. The van der Waals surface area contributed by atoms with Crippen LogP contribution in [0.4, 0.5) is 13.2 Å². The molecule has 0 aliphatic rings. The van der Waals surface area contributed by atoms with Crippen LogP contribution in [0.3, 0.4) is 0 Å². The van der Waals surface area contributed by atoms with E-state index in [0.29, 0.717) is 0 Å². The number of Topliss-reactive ketones (excluding diaryl/α,β-unsaturated/α-hetero) is 1. The van der Waals surface area contributed by atoms with Crippen molar-refractivity contribution in [1.82, 2.24) is 0 Å². The summed E-state index contributed by atoms with van der Waals surface area (Å²) in [6.45, 7) is -0.498. The number of benzene rings is 1. The fraction of sp³-hybridized carbons (Fsp3) is 0.308. The highest BCUT2D eigenvalue weighted by Crippen LogP contribution is 2.29. The van der Waals surface area contributed by atoms with Gasteiger partial charge in [0.05, 0.1) is 12.0 Å². The molecule has 5 nitrogen and oxygen atoms in total. The van der Waals surface area contributed by atoms with Crippen molar-refractivity contribution in [3.8, 4) is 0 Å². The van der Waals surface area contributed by atoms with Gasteiger partial charge in [-0.1, -0.05) is 12.1 Å². The molecule has 1 N–H and O–H groups in total. The predicted octanol–water partition coefficient (Wildman–Crippen LogP) is 2.18. The van der Waals surface area contributed by atoms with Crippen LogP contribution in [-0.4, -0.2) is 22.8 Å². The second-order valence-electron chi connectivity index (χ2n) is 4.09. The first-order chi connectivity index (χ1) is 9.70. The van der Waals surface area contributed by atoms with Crippen LogP contribution in [0, 0.1) is 0 Å². The molecule has 0 amide bonds. The molecular weight excluding hydrogens is 293 g/mol. The number of aliphatic carboxylic acids is 1. The lowest BCUT2D eigenvalue weighted by molar-refractivity contribution is -0.155. The molecule has 0 unspecified atom stereocenters. The molecule has 8 heteroatoms. The summed E-state index contributed by atoms with van der Waals surface area (Å²) in [5.74, 6) is -3.55. The Morgan fingerprint density at radius 2 is 1.81 bits per heavy atom. The third-order valence-corrected chi connectivity index (χ3v) is 2.42. The molecule has 1 aromatic rings. The van der Waals surface area contributed by atoms with Crippen molar-refractivity contribution in [2.24, 2.45) is 0 Å². The average molecular weight is 304 g/mol. The number of halogens is 3. The smallest absolute Gasteiger partial charge is 0.416 e. The van der Waals surface area contributed by atoms with E-state index in [9.17, 15) is 27.6 Å². The van der Waals surface area contributed by atoms with Crippen LogP contribution in [0.1, 0.15) is 24.0 Å². The molecule has 1 aromatic carbocycles. The molecule has 0 saturated heterocycles. The van der Waals surface area contributed by atoms with E-state index in [-0.39, 0.29) is 5.56 Å². The summed E-state index contributed by atoms with van der Waals surface area (Å²) in [6, 6.07) is 4.13. The molecule has 0 radical (unpaired) electrons. The molecule has 0 aromatic heterocycles. The van der Waals surface area contributed by atoms with Gasteiger partial charge in [-0.05, 0) is 17.7 Å². The van der Waals surface area contributed by atoms with Gasteiger partial charge in [-0.2, -0.15) is 13.2 Å². The van der Waals surface area contributed by atoms with Gasteiger partial charge in [0.1, 0.15) is 6.61 Å². The number of carbonyl (C=O) groups excluding carboxylic acids is 2. The predicted molar refractivity (Wildman–Crippen MR) is 63.1 cm³/mol. The summed E-state index contributed by atoms with van der Waals surface area (Å²) < 4.78 is 41.9. The standard InChI is InChI=1S/C13H11F3O5/c14-13(15,16)9-3-1-2-8(6-9)7-21-12(20)10(17)4-5-11(18)19/h1-3,6H,4-5,7H2,(H,18,19). The second kappa shape index (κ2) is 6.87. The number of ketones is 1. The van der Waals surface area contributed by atoms with Crippen molar-refractivity contribution in [2.75, 3.05) is 0 Å². The lowest BCUT2D eigenvalue weighted by Gasteiger charge is -2.09. The highest BCUT2D eigenvalue weighted by Gasteiger charge is 2.30. The first kappa shape index (κ1) is 16.7. The van der Waals surface area contributed by atoms with Crippen LogP contribution in [0.15, 0.2) is 24.3 Å². The Kier molecular flexibility index (Phi) is 5.45. The number of carboxylic acids is 1. The van der Waals surface area contributed by atoms with Crippen LogP contribution in [-0.2, 0) is 31.9 Å². The van der Waals surface area contributed by atoms with Gasteiger partial charge in [0.15, 0.2) is 0 Å². The highest BCUT2D eigenvalue weighted by atomic mass is 19.4. The van der Waals surface area contributed by atoms with Gasteiger partial charge >= 0.3 is 18.1 Å². The van der Waals surface area contributed by atoms with Crippen molar-refractivity contribution in [3.05, 3.63) is 35.4 Å². The van der Waals surface area contributed by atoms with Gasteiger partial charge in [-0.25, -0.2) is 4.79 Å². The maximum absolute atomic E-state index is 12.5. The molecule has 0 spiro atoms. The summed E-state index contributed by atoms with van der Waals surface area (Å²) in [5.41, 5.74) is -0.822. The summed E-state index contributed by atoms with van der Waals surface area (Å²) >= 11 is 0.